The highest BCUT2D eigenvalue weighted by Crippen LogP contribution is 2.24. The molecule has 0 unspecified atom stereocenters. The fraction of sp³-hybridized carbons (Fsp3) is 0.0769. The summed E-state index contributed by atoms with van der Waals surface area (Å²) in [6, 6.07) is 4.63. The molecule has 0 saturated carbocycles. The van der Waals surface area contributed by atoms with Crippen molar-refractivity contribution in [3.63, 3.8) is 0 Å². The van der Waals surface area contributed by atoms with Crippen molar-refractivity contribution in [2.24, 2.45) is 0 Å². The molecule has 3 nitrogen and oxygen atoms in total. The molecule has 0 N–H and O–H groups in total. The maximum atomic E-state index is 13.6. The standard InChI is InChI=1S/C13H11FN2O/c1-3-10-4-5-13(12(14)6-10)17-11-7-15-9(2)16-8-11/h3-8H,1H2,2H3. The molecule has 1 heterocycles. The number of hydrogen-bond acceptors (Lipinski definition) is 3. The summed E-state index contributed by atoms with van der Waals surface area (Å²) in [6.45, 7) is 5.34. The minimum Gasteiger partial charge on any atom is -0.451 e. The monoisotopic (exact) mass is 230 g/mol. The number of nitrogens with zero attached hydrogens (tertiary/aromatic N) is 2. The van der Waals surface area contributed by atoms with E-state index in [0.29, 0.717) is 17.1 Å². The SMILES string of the molecule is C=Cc1ccc(Oc2cnc(C)nc2)c(F)c1. The predicted octanol–water partition coefficient (Wildman–Crippen LogP) is 3.36. The lowest BCUT2D eigenvalue weighted by Gasteiger charge is -2.06. The first-order chi connectivity index (χ1) is 8.19. The molecule has 1 aromatic heterocycles. The second-order valence-corrected chi connectivity index (χ2v) is 3.46. The van der Waals surface area contributed by atoms with Gasteiger partial charge in [0.05, 0.1) is 12.4 Å². The van der Waals surface area contributed by atoms with Gasteiger partial charge < -0.3 is 4.74 Å². The molecule has 0 aliphatic heterocycles. The van der Waals surface area contributed by atoms with Gasteiger partial charge in [0.1, 0.15) is 5.82 Å². The van der Waals surface area contributed by atoms with Crippen LogP contribution in [0, 0.1) is 12.7 Å². The Morgan fingerprint density at radius 2 is 2.00 bits per heavy atom. The molecular formula is C13H11FN2O. The second-order valence-electron chi connectivity index (χ2n) is 3.46. The fourth-order valence-electron chi connectivity index (χ4n) is 1.29. The third kappa shape index (κ3) is 2.66. The number of halogens is 1. The van der Waals surface area contributed by atoms with Gasteiger partial charge in [-0.3, -0.25) is 0 Å². The summed E-state index contributed by atoms with van der Waals surface area (Å²) in [4.78, 5) is 7.93. The van der Waals surface area contributed by atoms with Gasteiger partial charge in [0.2, 0.25) is 0 Å². The summed E-state index contributed by atoms with van der Waals surface area (Å²) in [5, 5.41) is 0. The molecule has 17 heavy (non-hydrogen) atoms. The second kappa shape index (κ2) is 4.74. The minimum absolute atomic E-state index is 0.142. The van der Waals surface area contributed by atoms with Gasteiger partial charge in [-0.2, -0.15) is 0 Å². The van der Waals surface area contributed by atoms with Crippen molar-refractivity contribution in [1.82, 2.24) is 9.97 Å². The lowest BCUT2D eigenvalue weighted by atomic mass is 10.2. The molecule has 0 spiro atoms. The number of hydrogen-bond donors (Lipinski definition) is 0. The van der Waals surface area contributed by atoms with Crippen LogP contribution in [-0.4, -0.2) is 9.97 Å². The van der Waals surface area contributed by atoms with Crippen molar-refractivity contribution in [3.8, 4) is 11.5 Å². The van der Waals surface area contributed by atoms with Crippen molar-refractivity contribution in [1.29, 1.82) is 0 Å². The Kier molecular flexibility index (Phi) is 3.14. The Morgan fingerprint density at radius 3 is 2.59 bits per heavy atom. The summed E-state index contributed by atoms with van der Waals surface area (Å²) < 4.78 is 18.9. The first-order valence-electron chi connectivity index (χ1n) is 5.07. The molecule has 4 heteroatoms. The fourth-order valence-corrected chi connectivity index (χ4v) is 1.29. The third-order valence-corrected chi connectivity index (χ3v) is 2.18. The molecular weight excluding hydrogens is 219 g/mol. The van der Waals surface area contributed by atoms with Crippen LogP contribution in [0.4, 0.5) is 4.39 Å². The largest absolute Gasteiger partial charge is 0.451 e. The van der Waals surface area contributed by atoms with Gasteiger partial charge in [-0.15, -0.1) is 0 Å². The molecule has 0 fully saturated rings. The maximum absolute atomic E-state index is 13.6. The van der Waals surface area contributed by atoms with Crippen LogP contribution in [0.15, 0.2) is 37.2 Å². The van der Waals surface area contributed by atoms with E-state index >= 15 is 0 Å². The number of benzene rings is 1. The van der Waals surface area contributed by atoms with E-state index in [1.54, 1.807) is 25.1 Å². The minimum atomic E-state index is -0.442. The first-order valence-corrected chi connectivity index (χ1v) is 5.07. The number of rotatable bonds is 3. The van der Waals surface area contributed by atoms with Gasteiger partial charge in [-0.1, -0.05) is 18.7 Å². The van der Waals surface area contributed by atoms with Crippen LogP contribution in [0.25, 0.3) is 6.08 Å². The van der Waals surface area contributed by atoms with Crippen LogP contribution >= 0.6 is 0 Å². The molecule has 86 valence electrons. The summed E-state index contributed by atoms with van der Waals surface area (Å²) in [6.07, 6.45) is 4.58. The van der Waals surface area contributed by atoms with Crippen molar-refractivity contribution in [2.45, 2.75) is 6.92 Å². The highest BCUT2D eigenvalue weighted by Gasteiger charge is 2.05. The summed E-state index contributed by atoms with van der Waals surface area (Å²) in [5.41, 5.74) is 0.704. The van der Waals surface area contributed by atoms with Crippen LogP contribution in [0.1, 0.15) is 11.4 Å². The summed E-state index contributed by atoms with van der Waals surface area (Å²) in [5.74, 6) is 0.742. The zero-order valence-electron chi connectivity index (χ0n) is 9.35. The maximum Gasteiger partial charge on any atom is 0.166 e. The number of ether oxygens (including phenoxy) is 1. The lowest BCUT2D eigenvalue weighted by molar-refractivity contribution is 0.438. The highest BCUT2D eigenvalue weighted by molar-refractivity contribution is 5.49. The average Bonchev–Trinajstić information content (AvgIpc) is 2.34. The van der Waals surface area contributed by atoms with Gasteiger partial charge in [-0.25, -0.2) is 14.4 Å². The van der Waals surface area contributed by atoms with E-state index in [-0.39, 0.29) is 5.75 Å². The Balaban J connectivity index is 2.24. The van der Waals surface area contributed by atoms with E-state index in [1.807, 2.05) is 0 Å². The number of aromatic nitrogens is 2. The van der Waals surface area contributed by atoms with Crippen molar-refractivity contribution in [2.75, 3.05) is 0 Å². The van der Waals surface area contributed by atoms with Crippen LogP contribution in [0.2, 0.25) is 0 Å². The highest BCUT2D eigenvalue weighted by atomic mass is 19.1. The molecule has 2 rings (SSSR count). The molecule has 0 radical (unpaired) electrons. The van der Waals surface area contributed by atoms with E-state index in [0.717, 1.165) is 0 Å². The Bertz CT molecular complexity index is 538. The first kappa shape index (κ1) is 11.3. The average molecular weight is 230 g/mol. The molecule has 0 amide bonds. The zero-order valence-corrected chi connectivity index (χ0v) is 9.35. The van der Waals surface area contributed by atoms with Gasteiger partial charge >= 0.3 is 0 Å². The number of aryl methyl sites for hydroxylation is 1. The third-order valence-electron chi connectivity index (χ3n) is 2.18. The van der Waals surface area contributed by atoms with Crippen LogP contribution in [0.3, 0.4) is 0 Å². The molecule has 2 aromatic rings. The van der Waals surface area contributed by atoms with E-state index in [4.69, 9.17) is 4.74 Å². The topological polar surface area (TPSA) is 35.0 Å². The van der Waals surface area contributed by atoms with E-state index < -0.39 is 5.82 Å². The van der Waals surface area contributed by atoms with Gasteiger partial charge in [0, 0.05) is 0 Å². The smallest absolute Gasteiger partial charge is 0.166 e. The van der Waals surface area contributed by atoms with Crippen molar-refractivity contribution < 1.29 is 9.13 Å². The molecule has 0 aliphatic carbocycles. The molecule has 0 saturated heterocycles. The predicted molar refractivity (Wildman–Crippen MR) is 63.3 cm³/mol. The Labute approximate surface area is 98.6 Å². The van der Waals surface area contributed by atoms with Crippen molar-refractivity contribution >= 4 is 6.08 Å². The van der Waals surface area contributed by atoms with Gasteiger partial charge in [-0.05, 0) is 24.6 Å². The van der Waals surface area contributed by atoms with Gasteiger partial charge in [0.25, 0.3) is 0 Å². The summed E-state index contributed by atoms with van der Waals surface area (Å²) >= 11 is 0. The van der Waals surface area contributed by atoms with Crippen LogP contribution < -0.4 is 4.74 Å². The molecule has 0 bridgehead atoms. The van der Waals surface area contributed by atoms with Crippen LogP contribution in [0.5, 0.6) is 11.5 Å². The molecule has 0 aliphatic rings. The van der Waals surface area contributed by atoms with E-state index in [1.165, 1.54) is 18.5 Å². The van der Waals surface area contributed by atoms with E-state index in [2.05, 4.69) is 16.5 Å². The van der Waals surface area contributed by atoms with Gasteiger partial charge in [0.15, 0.2) is 17.3 Å². The summed E-state index contributed by atoms with van der Waals surface area (Å²) in [7, 11) is 0. The molecule has 0 atom stereocenters. The zero-order chi connectivity index (χ0) is 12.3. The lowest BCUT2D eigenvalue weighted by Crippen LogP contribution is -1.92. The Hall–Kier alpha value is -2.23. The molecule has 1 aromatic carbocycles. The van der Waals surface area contributed by atoms with E-state index in [9.17, 15) is 4.39 Å². The normalized spacial score (nSPS) is 10.0. The quantitative estimate of drug-likeness (QED) is 0.810. The van der Waals surface area contributed by atoms with Crippen LogP contribution in [-0.2, 0) is 0 Å². The van der Waals surface area contributed by atoms with Crippen molar-refractivity contribution in [3.05, 3.63) is 54.4 Å². The Morgan fingerprint density at radius 1 is 1.29 bits per heavy atom.